The van der Waals surface area contributed by atoms with E-state index in [0.29, 0.717) is 10.9 Å². The van der Waals surface area contributed by atoms with Gasteiger partial charge in [-0.2, -0.15) is 0 Å². The number of amides is 1. The Morgan fingerprint density at radius 2 is 2.09 bits per heavy atom. The predicted octanol–water partition coefficient (Wildman–Crippen LogP) is 2.87. The minimum Gasteiger partial charge on any atom is -0.332 e. The van der Waals surface area contributed by atoms with Crippen LogP contribution in [0.4, 0.5) is 0 Å². The van der Waals surface area contributed by atoms with E-state index in [1.54, 1.807) is 12.4 Å². The van der Waals surface area contributed by atoms with Gasteiger partial charge in [-0.15, -0.1) is 36.2 Å². The number of thiazole rings is 1. The van der Waals surface area contributed by atoms with Gasteiger partial charge in [0, 0.05) is 31.4 Å². The number of piperazine rings is 1. The lowest BCUT2D eigenvalue weighted by Gasteiger charge is -2.38. The van der Waals surface area contributed by atoms with Crippen molar-refractivity contribution in [1.29, 1.82) is 0 Å². The molecule has 1 amide bonds. The number of rotatable bonds is 2. The second-order valence-corrected chi connectivity index (χ2v) is 6.26. The Kier molecular flexibility index (Phi) is 7.41. The molecule has 0 aliphatic carbocycles. The third-order valence-corrected chi connectivity index (χ3v) is 4.90. The molecule has 1 aliphatic rings. The fraction of sp³-hybridized carbons (Fsp3) is 0.400. The van der Waals surface area contributed by atoms with Gasteiger partial charge in [-0.25, -0.2) is 4.98 Å². The standard InChI is InChI=1S/C15H18N4OS.2ClH/c1-10-11(2)19(8-7-16-10)15(20)13-9-18-14(21-13)12-5-3-4-6-17-12;;/h3-6,9-11,16H,7-8H2,1-2H3;2*1H. The summed E-state index contributed by atoms with van der Waals surface area (Å²) in [6, 6.07) is 6.19. The summed E-state index contributed by atoms with van der Waals surface area (Å²) in [6.45, 7) is 5.76. The van der Waals surface area contributed by atoms with Crippen molar-refractivity contribution < 1.29 is 4.79 Å². The monoisotopic (exact) mass is 374 g/mol. The molecule has 2 atom stereocenters. The zero-order valence-corrected chi connectivity index (χ0v) is 15.4. The Hall–Kier alpha value is -1.21. The molecular weight excluding hydrogens is 355 g/mol. The zero-order chi connectivity index (χ0) is 14.8. The van der Waals surface area contributed by atoms with Crippen LogP contribution in [0.1, 0.15) is 23.5 Å². The lowest BCUT2D eigenvalue weighted by molar-refractivity contribution is 0.0607. The normalized spacial score (nSPS) is 20.3. The number of nitrogens with zero attached hydrogens (tertiary/aromatic N) is 3. The molecule has 0 radical (unpaired) electrons. The van der Waals surface area contributed by atoms with Crippen molar-refractivity contribution in [3.8, 4) is 10.7 Å². The van der Waals surface area contributed by atoms with Crippen LogP contribution in [-0.2, 0) is 0 Å². The van der Waals surface area contributed by atoms with Crippen molar-refractivity contribution >= 4 is 42.1 Å². The van der Waals surface area contributed by atoms with E-state index >= 15 is 0 Å². The molecule has 1 saturated heterocycles. The van der Waals surface area contributed by atoms with Crippen molar-refractivity contribution in [3.63, 3.8) is 0 Å². The first-order chi connectivity index (χ1) is 10.2. The quantitative estimate of drug-likeness (QED) is 0.877. The molecule has 2 unspecified atom stereocenters. The summed E-state index contributed by atoms with van der Waals surface area (Å²) in [5.41, 5.74) is 0.809. The van der Waals surface area contributed by atoms with Crippen molar-refractivity contribution in [1.82, 2.24) is 20.2 Å². The van der Waals surface area contributed by atoms with Crippen molar-refractivity contribution in [2.75, 3.05) is 13.1 Å². The van der Waals surface area contributed by atoms with Crippen LogP contribution in [0.25, 0.3) is 10.7 Å². The maximum atomic E-state index is 12.6. The average molecular weight is 375 g/mol. The fourth-order valence-electron chi connectivity index (χ4n) is 2.47. The largest absolute Gasteiger partial charge is 0.332 e. The second-order valence-electron chi connectivity index (χ2n) is 5.23. The van der Waals surface area contributed by atoms with E-state index in [1.165, 1.54) is 11.3 Å². The zero-order valence-electron chi connectivity index (χ0n) is 12.9. The molecule has 3 rings (SSSR count). The van der Waals surface area contributed by atoms with Crippen LogP contribution in [0.3, 0.4) is 0 Å². The van der Waals surface area contributed by atoms with E-state index in [4.69, 9.17) is 0 Å². The third kappa shape index (κ3) is 4.20. The van der Waals surface area contributed by atoms with Crippen molar-refractivity contribution in [3.05, 3.63) is 35.5 Å². The molecule has 0 spiro atoms. The van der Waals surface area contributed by atoms with E-state index < -0.39 is 0 Å². The van der Waals surface area contributed by atoms with Gasteiger partial charge in [-0.1, -0.05) is 6.07 Å². The Bertz CT molecular complexity index is 637. The second kappa shape index (κ2) is 8.59. The first kappa shape index (κ1) is 19.8. The number of halogens is 2. The number of pyridine rings is 1. The van der Waals surface area contributed by atoms with Gasteiger partial charge in [0.25, 0.3) is 5.91 Å². The van der Waals surface area contributed by atoms with E-state index in [2.05, 4.69) is 29.1 Å². The lowest BCUT2D eigenvalue weighted by Crippen LogP contribution is -2.57. The highest BCUT2D eigenvalue weighted by Crippen LogP contribution is 2.25. The van der Waals surface area contributed by atoms with Gasteiger partial charge in [-0.3, -0.25) is 9.78 Å². The molecule has 1 aliphatic heterocycles. The highest BCUT2D eigenvalue weighted by Gasteiger charge is 2.29. The van der Waals surface area contributed by atoms with Gasteiger partial charge in [-0.05, 0) is 26.0 Å². The minimum atomic E-state index is 0. The first-order valence-corrected chi connectivity index (χ1v) is 7.90. The van der Waals surface area contributed by atoms with Crippen LogP contribution in [0.5, 0.6) is 0 Å². The topological polar surface area (TPSA) is 58.1 Å². The summed E-state index contributed by atoms with van der Waals surface area (Å²) in [5, 5.41) is 4.17. The molecule has 3 heterocycles. The molecule has 1 N–H and O–H groups in total. The Balaban J connectivity index is 0.00000132. The van der Waals surface area contributed by atoms with Gasteiger partial charge in [0.05, 0.1) is 11.9 Å². The molecule has 1 fully saturated rings. The van der Waals surface area contributed by atoms with Crippen LogP contribution in [-0.4, -0.2) is 45.9 Å². The SMILES string of the molecule is CC1NCCN(C(=O)c2cnc(-c3ccccn3)s2)C1C.Cl.Cl. The van der Waals surface area contributed by atoms with Crippen LogP contribution in [0.15, 0.2) is 30.6 Å². The molecule has 5 nitrogen and oxygen atoms in total. The highest BCUT2D eigenvalue weighted by atomic mass is 35.5. The van der Waals surface area contributed by atoms with Gasteiger partial charge in [0.2, 0.25) is 0 Å². The molecule has 2 aromatic heterocycles. The Morgan fingerprint density at radius 3 is 2.78 bits per heavy atom. The van der Waals surface area contributed by atoms with Crippen LogP contribution < -0.4 is 5.32 Å². The first-order valence-electron chi connectivity index (χ1n) is 7.08. The summed E-state index contributed by atoms with van der Waals surface area (Å²) in [5.74, 6) is 0.0653. The number of nitrogens with one attached hydrogen (secondary N) is 1. The van der Waals surface area contributed by atoms with E-state index in [-0.39, 0.29) is 36.8 Å². The summed E-state index contributed by atoms with van der Waals surface area (Å²) in [7, 11) is 0. The smallest absolute Gasteiger partial charge is 0.265 e. The Morgan fingerprint density at radius 1 is 1.30 bits per heavy atom. The van der Waals surface area contributed by atoms with E-state index in [1.807, 2.05) is 23.1 Å². The van der Waals surface area contributed by atoms with Crippen LogP contribution in [0.2, 0.25) is 0 Å². The van der Waals surface area contributed by atoms with Crippen molar-refractivity contribution in [2.45, 2.75) is 25.9 Å². The minimum absolute atomic E-state index is 0. The molecular formula is C15H20Cl2N4OS. The van der Waals surface area contributed by atoms with Gasteiger partial charge >= 0.3 is 0 Å². The molecule has 0 saturated carbocycles. The number of carbonyl (C=O) groups is 1. The van der Waals surface area contributed by atoms with Crippen molar-refractivity contribution in [2.24, 2.45) is 0 Å². The maximum absolute atomic E-state index is 12.6. The molecule has 23 heavy (non-hydrogen) atoms. The lowest BCUT2D eigenvalue weighted by atomic mass is 10.1. The molecule has 8 heteroatoms. The highest BCUT2D eigenvalue weighted by molar-refractivity contribution is 7.16. The number of carbonyl (C=O) groups excluding carboxylic acids is 1. The predicted molar refractivity (Wildman–Crippen MR) is 97.8 cm³/mol. The molecule has 0 bridgehead atoms. The summed E-state index contributed by atoms with van der Waals surface area (Å²) < 4.78 is 0. The van der Waals surface area contributed by atoms with E-state index in [0.717, 1.165) is 23.8 Å². The number of aromatic nitrogens is 2. The summed E-state index contributed by atoms with van der Waals surface area (Å²) >= 11 is 1.41. The molecule has 0 aromatic carbocycles. The fourth-order valence-corrected chi connectivity index (χ4v) is 3.31. The molecule has 2 aromatic rings. The van der Waals surface area contributed by atoms with E-state index in [9.17, 15) is 4.79 Å². The summed E-state index contributed by atoms with van der Waals surface area (Å²) in [4.78, 5) is 23.9. The third-order valence-electron chi connectivity index (χ3n) is 3.90. The maximum Gasteiger partial charge on any atom is 0.265 e. The van der Waals surface area contributed by atoms with Gasteiger partial charge < -0.3 is 10.2 Å². The van der Waals surface area contributed by atoms with Gasteiger partial charge in [0.15, 0.2) is 0 Å². The Labute approximate surface area is 152 Å². The van der Waals surface area contributed by atoms with Crippen LogP contribution in [0, 0.1) is 0 Å². The summed E-state index contributed by atoms with van der Waals surface area (Å²) in [6.07, 6.45) is 3.40. The molecule has 126 valence electrons. The number of hydrogen-bond donors (Lipinski definition) is 1. The van der Waals surface area contributed by atoms with Gasteiger partial charge in [0.1, 0.15) is 9.88 Å². The van der Waals surface area contributed by atoms with Crippen LogP contribution >= 0.6 is 36.2 Å². The number of hydrogen-bond acceptors (Lipinski definition) is 5. The average Bonchev–Trinajstić information content (AvgIpc) is 3.00.